The molecule has 0 aromatic heterocycles. The average Bonchev–Trinajstić information content (AvgIpc) is 3.79. The minimum atomic E-state index is -0.619. The molecule has 0 spiro atoms. The van der Waals surface area contributed by atoms with Gasteiger partial charge >= 0.3 is 11.9 Å². The van der Waals surface area contributed by atoms with Crippen molar-refractivity contribution in [3.8, 4) is 0 Å². The second kappa shape index (κ2) is 28.5. The first-order valence-electron chi connectivity index (χ1n) is 18.8. The van der Waals surface area contributed by atoms with E-state index in [9.17, 15) is 9.59 Å². The summed E-state index contributed by atoms with van der Waals surface area (Å²) in [4.78, 5) is 34.2. The van der Waals surface area contributed by atoms with Crippen LogP contribution in [-0.4, -0.2) is 11.9 Å². The number of carbonyl (C=O) groups excluding carboxylic acids is 2. The minimum absolute atomic E-state index is 0.324. The normalized spacial score (nSPS) is 13.4. The Morgan fingerprint density at radius 2 is 0.738 bits per heavy atom. The van der Waals surface area contributed by atoms with Crippen LogP contribution >= 0.6 is 0 Å². The summed E-state index contributed by atoms with van der Waals surface area (Å²) in [5.41, 5.74) is -0.619. The molecule has 0 aromatic carbocycles. The van der Waals surface area contributed by atoms with Gasteiger partial charge < -0.3 is 0 Å². The Morgan fingerprint density at radius 3 is 1.07 bits per heavy atom. The molecule has 42 heavy (non-hydrogen) atoms. The molecule has 0 aliphatic heterocycles. The highest BCUT2D eigenvalue weighted by Crippen LogP contribution is 2.41. The predicted octanol–water partition coefficient (Wildman–Crippen LogP) is 12.7. The lowest BCUT2D eigenvalue weighted by Gasteiger charge is -2.13. The highest BCUT2D eigenvalue weighted by molar-refractivity contribution is 5.86. The fraction of sp³-hybridized carbons (Fsp3) is 0.895. The van der Waals surface area contributed by atoms with Gasteiger partial charge in [0, 0.05) is 0 Å². The van der Waals surface area contributed by atoms with Crippen LogP contribution in [0.25, 0.3) is 0 Å². The summed E-state index contributed by atoms with van der Waals surface area (Å²) in [6.07, 6.45) is 42.8. The molecule has 1 aliphatic carbocycles. The molecule has 0 saturated heterocycles. The number of hydrogen-bond donors (Lipinski definition) is 0. The maximum absolute atomic E-state index is 12.4. The van der Waals surface area contributed by atoms with Crippen molar-refractivity contribution in [3.63, 3.8) is 0 Å². The zero-order valence-corrected chi connectivity index (χ0v) is 28.2. The van der Waals surface area contributed by atoms with Crippen LogP contribution in [0.15, 0.2) is 12.2 Å². The summed E-state index contributed by atoms with van der Waals surface area (Å²) in [6.45, 7) is 4.55. The standard InChI is InChI=1S/C38H70O4/c1-3-5-7-9-11-13-15-17-19-20-22-24-26-28-30-32-36(39)41-42-37(40)38(34-35-38)33-31-29-27-25-23-21-18-16-14-12-10-8-6-4-2/h34-35H,3-33H2,1-2H3. The van der Waals surface area contributed by atoms with Crippen molar-refractivity contribution in [2.75, 3.05) is 0 Å². The second-order valence-corrected chi connectivity index (χ2v) is 13.2. The van der Waals surface area contributed by atoms with Crippen molar-refractivity contribution in [1.82, 2.24) is 0 Å². The first kappa shape index (κ1) is 38.7. The number of unbranched alkanes of at least 4 members (excludes halogenated alkanes) is 27. The molecule has 0 atom stereocenters. The van der Waals surface area contributed by atoms with Gasteiger partial charge in [0.1, 0.15) is 5.41 Å². The highest BCUT2D eigenvalue weighted by Gasteiger charge is 2.44. The Kier molecular flexibility index (Phi) is 26.2. The van der Waals surface area contributed by atoms with E-state index >= 15 is 0 Å². The van der Waals surface area contributed by atoms with Crippen molar-refractivity contribution in [1.29, 1.82) is 0 Å². The van der Waals surface area contributed by atoms with Crippen LogP contribution in [-0.2, 0) is 19.4 Å². The predicted molar refractivity (Wildman–Crippen MR) is 178 cm³/mol. The monoisotopic (exact) mass is 591 g/mol. The van der Waals surface area contributed by atoms with Gasteiger partial charge in [-0.15, -0.1) is 0 Å². The lowest BCUT2D eigenvalue weighted by atomic mass is 9.95. The van der Waals surface area contributed by atoms with Crippen LogP contribution in [0.3, 0.4) is 0 Å². The summed E-state index contributed by atoms with van der Waals surface area (Å²) in [6, 6.07) is 0. The average molecular weight is 591 g/mol. The Balaban J connectivity index is 1.86. The smallest absolute Gasteiger partial charge is 0.247 e. The SMILES string of the molecule is CCCCCCCCCCCCCCCCCC(=O)OOC(=O)C1(CCCCCCCCCCCCCCCC)C=C1. The Bertz CT molecular complexity index is 649. The van der Waals surface area contributed by atoms with Crippen LogP contribution in [0.2, 0.25) is 0 Å². The molecule has 4 heteroatoms. The van der Waals surface area contributed by atoms with Gasteiger partial charge in [-0.25, -0.2) is 19.4 Å². The van der Waals surface area contributed by atoms with Crippen LogP contribution in [0.5, 0.6) is 0 Å². The van der Waals surface area contributed by atoms with Crippen LogP contribution in [0.4, 0.5) is 0 Å². The van der Waals surface area contributed by atoms with Gasteiger partial charge in [0.2, 0.25) is 0 Å². The van der Waals surface area contributed by atoms with Crippen molar-refractivity contribution >= 4 is 11.9 Å². The molecule has 0 fully saturated rings. The lowest BCUT2D eigenvalue weighted by Crippen LogP contribution is -2.22. The third-order valence-corrected chi connectivity index (χ3v) is 9.09. The van der Waals surface area contributed by atoms with E-state index in [1.807, 2.05) is 12.2 Å². The van der Waals surface area contributed by atoms with Crippen molar-refractivity contribution in [2.24, 2.45) is 5.41 Å². The fourth-order valence-electron chi connectivity index (χ4n) is 5.96. The zero-order chi connectivity index (χ0) is 30.4. The van der Waals surface area contributed by atoms with E-state index in [1.165, 1.54) is 154 Å². The van der Waals surface area contributed by atoms with Crippen LogP contribution in [0, 0.1) is 5.41 Å². The van der Waals surface area contributed by atoms with Gasteiger partial charge in [-0.1, -0.05) is 206 Å². The topological polar surface area (TPSA) is 52.6 Å². The van der Waals surface area contributed by atoms with Gasteiger partial charge in [0.05, 0.1) is 6.42 Å². The summed E-state index contributed by atoms with van der Waals surface area (Å²) in [7, 11) is 0. The Morgan fingerprint density at radius 1 is 0.429 bits per heavy atom. The van der Waals surface area contributed by atoms with Crippen LogP contribution < -0.4 is 0 Å². The maximum atomic E-state index is 12.4. The molecular formula is C38H70O4. The summed E-state index contributed by atoms with van der Waals surface area (Å²) in [5, 5.41) is 0. The highest BCUT2D eigenvalue weighted by atomic mass is 17.2. The number of hydrogen-bond acceptors (Lipinski definition) is 4. The van der Waals surface area contributed by atoms with Gasteiger partial charge in [-0.3, -0.25) is 0 Å². The summed E-state index contributed by atoms with van der Waals surface area (Å²) < 4.78 is 0. The summed E-state index contributed by atoms with van der Waals surface area (Å²) in [5.74, 6) is -0.854. The maximum Gasteiger partial charge on any atom is 0.369 e. The van der Waals surface area contributed by atoms with E-state index in [0.717, 1.165) is 38.5 Å². The second-order valence-electron chi connectivity index (χ2n) is 13.2. The Labute approximate surface area is 261 Å². The van der Waals surface area contributed by atoms with Crippen molar-refractivity contribution in [2.45, 2.75) is 213 Å². The molecule has 0 saturated carbocycles. The van der Waals surface area contributed by atoms with E-state index in [2.05, 4.69) is 13.8 Å². The van der Waals surface area contributed by atoms with E-state index < -0.39 is 17.4 Å². The molecule has 0 amide bonds. The van der Waals surface area contributed by atoms with E-state index in [4.69, 9.17) is 9.78 Å². The quantitative estimate of drug-likeness (QED) is 0.0338. The molecule has 0 heterocycles. The molecular weight excluding hydrogens is 520 g/mol. The summed E-state index contributed by atoms with van der Waals surface area (Å²) >= 11 is 0. The molecule has 4 nitrogen and oxygen atoms in total. The molecule has 0 bridgehead atoms. The van der Waals surface area contributed by atoms with Gasteiger partial charge in [-0.05, 0) is 12.8 Å². The number of carbonyl (C=O) groups is 2. The molecule has 1 rings (SSSR count). The first-order valence-corrected chi connectivity index (χ1v) is 18.8. The van der Waals surface area contributed by atoms with E-state index in [0.29, 0.717) is 6.42 Å². The molecule has 0 radical (unpaired) electrons. The largest absolute Gasteiger partial charge is 0.369 e. The van der Waals surface area contributed by atoms with Crippen LogP contribution in [0.1, 0.15) is 213 Å². The van der Waals surface area contributed by atoms with Crippen molar-refractivity contribution < 1.29 is 19.4 Å². The van der Waals surface area contributed by atoms with Gasteiger partial charge in [-0.2, -0.15) is 0 Å². The zero-order valence-electron chi connectivity index (χ0n) is 28.2. The van der Waals surface area contributed by atoms with Gasteiger partial charge in [0.25, 0.3) is 0 Å². The molecule has 1 aliphatic rings. The van der Waals surface area contributed by atoms with E-state index in [-0.39, 0.29) is 0 Å². The Hall–Kier alpha value is -1.32. The molecule has 0 N–H and O–H groups in total. The fourth-order valence-corrected chi connectivity index (χ4v) is 5.96. The van der Waals surface area contributed by atoms with Crippen molar-refractivity contribution in [3.05, 3.63) is 12.2 Å². The third kappa shape index (κ3) is 23.2. The molecule has 0 unspecified atom stereocenters. The molecule has 0 aromatic rings. The van der Waals surface area contributed by atoms with E-state index in [1.54, 1.807) is 0 Å². The molecule has 246 valence electrons. The number of rotatable bonds is 32. The first-order chi connectivity index (χ1) is 20.6. The minimum Gasteiger partial charge on any atom is -0.247 e. The third-order valence-electron chi connectivity index (χ3n) is 9.09. The van der Waals surface area contributed by atoms with Gasteiger partial charge in [0.15, 0.2) is 0 Å². The lowest BCUT2D eigenvalue weighted by molar-refractivity contribution is -0.262.